The summed E-state index contributed by atoms with van der Waals surface area (Å²) in [7, 11) is 1.40. The maximum absolute atomic E-state index is 13.2. The van der Waals surface area contributed by atoms with Gasteiger partial charge in [0.15, 0.2) is 15.8 Å². The molecule has 1 fully saturated rings. The Morgan fingerprint density at radius 3 is 2.42 bits per heavy atom. The van der Waals surface area contributed by atoms with E-state index in [9.17, 15) is 25.0 Å². The topological polar surface area (TPSA) is 125 Å². The van der Waals surface area contributed by atoms with Gasteiger partial charge in [0.2, 0.25) is 5.75 Å². The fraction of sp³-hybridized carbons (Fsp3) is 0.0833. The summed E-state index contributed by atoms with van der Waals surface area (Å²) in [6, 6.07) is 15.3. The van der Waals surface area contributed by atoms with Gasteiger partial charge in [0, 0.05) is 11.6 Å². The highest BCUT2D eigenvalue weighted by atomic mass is 32.2. The minimum atomic E-state index is -0.773. The van der Waals surface area contributed by atoms with E-state index in [1.165, 1.54) is 12.0 Å². The first kappa shape index (κ1) is 24.8. The number of nitro groups is 2. The zero-order chi connectivity index (χ0) is 26.0. The van der Waals surface area contributed by atoms with Gasteiger partial charge in [-0.1, -0.05) is 48.2 Å². The van der Waals surface area contributed by atoms with Gasteiger partial charge in [0.05, 0.1) is 33.6 Å². The molecule has 0 spiro atoms. The largest absolute Gasteiger partial charge is 0.493 e. The number of methoxy groups -OCH3 is 1. The van der Waals surface area contributed by atoms with Crippen LogP contribution in [0.15, 0.2) is 65.6 Å². The van der Waals surface area contributed by atoms with Crippen molar-refractivity contribution in [2.45, 2.75) is 6.92 Å². The summed E-state index contributed by atoms with van der Waals surface area (Å²) in [6.07, 6.45) is 1.56. The van der Waals surface area contributed by atoms with Crippen LogP contribution in [0.1, 0.15) is 11.1 Å². The zero-order valence-electron chi connectivity index (χ0n) is 18.9. The molecule has 1 saturated heterocycles. The number of ether oxygens (including phenoxy) is 2. The maximum Gasteiger partial charge on any atom is 0.318 e. The number of hydrogen-bond donors (Lipinski definition) is 0. The van der Waals surface area contributed by atoms with Crippen LogP contribution in [0.5, 0.6) is 17.2 Å². The molecule has 182 valence electrons. The Hall–Kier alpha value is -4.29. The van der Waals surface area contributed by atoms with Crippen LogP contribution in [0.4, 0.5) is 17.1 Å². The van der Waals surface area contributed by atoms with Crippen LogP contribution in [-0.2, 0) is 4.79 Å². The van der Waals surface area contributed by atoms with Crippen molar-refractivity contribution in [2.24, 2.45) is 0 Å². The molecule has 0 unspecified atom stereocenters. The second-order valence-electron chi connectivity index (χ2n) is 7.50. The van der Waals surface area contributed by atoms with Crippen molar-refractivity contribution in [1.82, 2.24) is 0 Å². The third-order valence-electron chi connectivity index (χ3n) is 5.13. The van der Waals surface area contributed by atoms with E-state index in [1.807, 2.05) is 25.1 Å². The predicted molar refractivity (Wildman–Crippen MR) is 140 cm³/mol. The molecule has 0 aliphatic carbocycles. The van der Waals surface area contributed by atoms with Crippen molar-refractivity contribution in [2.75, 3.05) is 12.0 Å². The van der Waals surface area contributed by atoms with Crippen molar-refractivity contribution < 1.29 is 24.1 Å². The van der Waals surface area contributed by atoms with Crippen LogP contribution in [-0.4, -0.2) is 27.2 Å². The van der Waals surface area contributed by atoms with E-state index in [0.717, 1.165) is 35.5 Å². The molecule has 0 N–H and O–H groups in total. The normalized spacial score (nSPS) is 14.3. The number of carbonyl (C=O) groups is 1. The fourth-order valence-electron chi connectivity index (χ4n) is 3.47. The van der Waals surface area contributed by atoms with Crippen molar-refractivity contribution in [1.29, 1.82) is 0 Å². The van der Waals surface area contributed by atoms with E-state index in [-0.39, 0.29) is 23.2 Å². The molecule has 4 rings (SSSR count). The number of rotatable bonds is 7. The number of benzene rings is 3. The smallest absolute Gasteiger partial charge is 0.318 e. The van der Waals surface area contributed by atoms with Crippen LogP contribution < -0.4 is 14.4 Å². The quantitative estimate of drug-likeness (QED) is 0.158. The van der Waals surface area contributed by atoms with Crippen LogP contribution >= 0.6 is 24.0 Å². The zero-order valence-corrected chi connectivity index (χ0v) is 20.5. The number of aryl methyl sites for hydroxylation is 1. The summed E-state index contributed by atoms with van der Waals surface area (Å²) in [6.45, 7) is 1.91. The number of anilines is 1. The highest BCUT2D eigenvalue weighted by molar-refractivity contribution is 8.27. The Balaban J connectivity index is 1.75. The lowest BCUT2D eigenvalue weighted by Crippen LogP contribution is -2.27. The second-order valence-corrected chi connectivity index (χ2v) is 9.18. The minimum Gasteiger partial charge on any atom is -0.493 e. The van der Waals surface area contributed by atoms with Crippen LogP contribution in [0.25, 0.3) is 6.08 Å². The van der Waals surface area contributed by atoms with Crippen LogP contribution in [0, 0.1) is 27.2 Å². The highest BCUT2D eigenvalue weighted by Gasteiger charge is 2.34. The van der Waals surface area contributed by atoms with Gasteiger partial charge < -0.3 is 9.47 Å². The molecule has 1 heterocycles. The summed E-state index contributed by atoms with van der Waals surface area (Å²) in [5, 5.41) is 22.6. The molecule has 0 aromatic heterocycles. The molecule has 1 aliphatic heterocycles. The first-order valence-electron chi connectivity index (χ1n) is 10.3. The molecule has 10 nitrogen and oxygen atoms in total. The van der Waals surface area contributed by atoms with Crippen LogP contribution in [0.3, 0.4) is 0 Å². The molecular formula is C24H17N3O7S2. The third kappa shape index (κ3) is 4.90. The molecule has 1 amide bonds. The number of thioether (sulfide) groups is 1. The molecular weight excluding hydrogens is 506 g/mol. The van der Waals surface area contributed by atoms with Gasteiger partial charge in [-0.3, -0.25) is 29.9 Å². The number of thiocarbonyl (C=S) groups is 1. The summed E-state index contributed by atoms with van der Waals surface area (Å²) < 4.78 is 11.6. The standard InChI is InChI=1S/C24H17N3O7S2/c1-14-5-3-7-16(11-14)25-23(28)21(36-24(25)35)12-15-6-4-8-20(33-2)22(15)34-19-10-9-17(26(29)30)13-18(19)27(31)32/h3-13H,1-2H3/b21-12-. The second kappa shape index (κ2) is 10.1. The number of non-ortho nitro benzene ring substituents is 1. The Bertz CT molecular complexity index is 1460. The van der Waals surface area contributed by atoms with E-state index in [4.69, 9.17) is 21.7 Å². The fourth-order valence-corrected chi connectivity index (χ4v) is 4.76. The first-order valence-corrected chi connectivity index (χ1v) is 11.5. The van der Waals surface area contributed by atoms with Gasteiger partial charge in [0.25, 0.3) is 11.6 Å². The molecule has 0 saturated carbocycles. The van der Waals surface area contributed by atoms with Gasteiger partial charge in [-0.2, -0.15) is 0 Å². The monoisotopic (exact) mass is 523 g/mol. The van der Waals surface area contributed by atoms with Gasteiger partial charge in [-0.15, -0.1) is 0 Å². The molecule has 36 heavy (non-hydrogen) atoms. The molecule has 1 aliphatic rings. The van der Waals surface area contributed by atoms with Crippen molar-refractivity contribution in [3.8, 4) is 17.2 Å². The van der Waals surface area contributed by atoms with E-state index in [0.29, 0.717) is 20.5 Å². The van der Waals surface area contributed by atoms with Gasteiger partial charge in [0.1, 0.15) is 0 Å². The Labute approximate surface area is 214 Å². The average Bonchev–Trinajstić information content (AvgIpc) is 3.12. The molecule has 0 radical (unpaired) electrons. The molecule has 0 bridgehead atoms. The Morgan fingerprint density at radius 2 is 1.75 bits per heavy atom. The lowest BCUT2D eigenvalue weighted by molar-refractivity contribution is -0.394. The number of hydrogen-bond acceptors (Lipinski definition) is 9. The number of nitrogens with zero attached hydrogens (tertiary/aromatic N) is 3. The number of amides is 1. The molecule has 12 heteroatoms. The van der Waals surface area contributed by atoms with Gasteiger partial charge in [-0.25, -0.2) is 0 Å². The first-order chi connectivity index (χ1) is 17.2. The van der Waals surface area contributed by atoms with E-state index < -0.39 is 21.2 Å². The number of carbonyl (C=O) groups excluding carboxylic acids is 1. The lowest BCUT2D eigenvalue weighted by Gasteiger charge is -2.15. The van der Waals surface area contributed by atoms with Gasteiger partial charge >= 0.3 is 5.69 Å². The highest BCUT2D eigenvalue weighted by Crippen LogP contribution is 2.43. The number of para-hydroxylation sites is 1. The predicted octanol–water partition coefficient (Wildman–Crippen LogP) is 6.02. The van der Waals surface area contributed by atoms with Crippen molar-refractivity contribution in [3.63, 3.8) is 0 Å². The molecule has 0 atom stereocenters. The molecule has 3 aromatic carbocycles. The van der Waals surface area contributed by atoms with E-state index >= 15 is 0 Å². The summed E-state index contributed by atoms with van der Waals surface area (Å²) in [4.78, 5) is 36.1. The lowest BCUT2D eigenvalue weighted by atomic mass is 10.1. The SMILES string of the molecule is COc1cccc(/C=C2\SC(=S)N(c3cccc(C)c3)C2=O)c1Oc1ccc([N+](=O)[O-])cc1[N+](=O)[O-]. The summed E-state index contributed by atoms with van der Waals surface area (Å²) in [5.41, 5.74) is 0.968. The third-order valence-corrected chi connectivity index (χ3v) is 6.43. The van der Waals surface area contributed by atoms with Crippen molar-refractivity contribution >= 4 is 57.3 Å². The minimum absolute atomic E-state index is 0.0952. The van der Waals surface area contributed by atoms with Crippen molar-refractivity contribution in [3.05, 3.63) is 96.9 Å². The number of nitro benzene ring substituents is 2. The van der Waals surface area contributed by atoms with Crippen LogP contribution in [0.2, 0.25) is 0 Å². The molecule has 3 aromatic rings. The summed E-state index contributed by atoms with van der Waals surface area (Å²) >= 11 is 6.55. The van der Waals surface area contributed by atoms with Gasteiger partial charge in [-0.05, 0) is 42.8 Å². The Kier molecular flexibility index (Phi) is 6.99. The van der Waals surface area contributed by atoms with E-state index in [1.54, 1.807) is 30.3 Å². The maximum atomic E-state index is 13.2. The van der Waals surface area contributed by atoms with E-state index in [2.05, 4.69) is 0 Å². The average molecular weight is 524 g/mol. The Morgan fingerprint density at radius 1 is 1.00 bits per heavy atom. The summed E-state index contributed by atoms with van der Waals surface area (Å²) in [5.74, 6) is -0.217.